The number of carboxylic acid groups (broad SMARTS) is 1. The largest absolute Gasteiger partial charge is 0.478 e. The molecule has 2 rings (SSSR count). The number of anilines is 1. The SMILES string of the molecule is C[C@@H]1CN(C(=O)Nc2ccc(C(=O)O)cc2)CCN1C(=O)OC(C)(C)C. The number of carboxylic acids is 1. The zero-order chi connectivity index (χ0) is 19.5. The van der Waals surface area contributed by atoms with Crippen LogP contribution < -0.4 is 5.32 Å². The molecule has 1 aliphatic rings. The number of nitrogens with zero attached hydrogens (tertiary/aromatic N) is 2. The first-order valence-electron chi connectivity index (χ1n) is 8.46. The van der Waals surface area contributed by atoms with E-state index in [1.807, 2.05) is 27.7 Å². The van der Waals surface area contributed by atoms with Crippen LogP contribution in [0, 0.1) is 0 Å². The van der Waals surface area contributed by atoms with E-state index in [4.69, 9.17) is 9.84 Å². The number of hydrogen-bond acceptors (Lipinski definition) is 4. The molecule has 3 amide bonds. The van der Waals surface area contributed by atoms with Crippen LogP contribution in [0.2, 0.25) is 0 Å². The highest BCUT2D eigenvalue weighted by Gasteiger charge is 2.32. The van der Waals surface area contributed by atoms with Gasteiger partial charge in [-0.15, -0.1) is 0 Å². The molecule has 1 aromatic rings. The van der Waals surface area contributed by atoms with Crippen molar-refractivity contribution in [1.29, 1.82) is 0 Å². The minimum atomic E-state index is -1.02. The highest BCUT2D eigenvalue weighted by atomic mass is 16.6. The van der Waals surface area contributed by atoms with Gasteiger partial charge in [0.05, 0.1) is 5.56 Å². The lowest BCUT2D eigenvalue weighted by atomic mass is 10.2. The monoisotopic (exact) mass is 363 g/mol. The van der Waals surface area contributed by atoms with Crippen LogP contribution in [0.3, 0.4) is 0 Å². The predicted molar refractivity (Wildman–Crippen MR) is 96.4 cm³/mol. The molecule has 0 aliphatic carbocycles. The number of hydrogen-bond donors (Lipinski definition) is 2. The van der Waals surface area contributed by atoms with Crippen LogP contribution in [0.4, 0.5) is 15.3 Å². The van der Waals surface area contributed by atoms with Gasteiger partial charge in [-0.05, 0) is 52.0 Å². The summed E-state index contributed by atoms with van der Waals surface area (Å²) in [5.41, 5.74) is 0.109. The summed E-state index contributed by atoms with van der Waals surface area (Å²) in [6.07, 6.45) is -0.380. The summed E-state index contributed by atoms with van der Waals surface area (Å²) in [6, 6.07) is 5.49. The van der Waals surface area contributed by atoms with Crippen LogP contribution in [-0.4, -0.2) is 64.3 Å². The molecule has 0 unspecified atom stereocenters. The lowest BCUT2D eigenvalue weighted by Gasteiger charge is -2.40. The molecular formula is C18H25N3O5. The van der Waals surface area contributed by atoms with Gasteiger partial charge in [-0.2, -0.15) is 0 Å². The Morgan fingerprint density at radius 2 is 1.77 bits per heavy atom. The van der Waals surface area contributed by atoms with Crippen molar-refractivity contribution < 1.29 is 24.2 Å². The Balaban J connectivity index is 1.92. The van der Waals surface area contributed by atoms with Gasteiger partial charge in [0.1, 0.15) is 5.60 Å². The maximum absolute atomic E-state index is 12.4. The molecule has 8 heteroatoms. The van der Waals surface area contributed by atoms with E-state index in [0.29, 0.717) is 25.3 Å². The number of rotatable bonds is 2. The Hall–Kier alpha value is -2.77. The van der Waals surface area contributed by atoms with Crippen LogP contribution in [0.25, 0.3) is 0 Å². The lowest BCUT2D eigenvalue weighted by Crippen LogP contribution is -2.57. The number of ether oxygens (including phenoxy) is 1. The van der Waals surface area contributed by atoms with Crippen molar-refractivity contribution in [3.8, 4) is 0 Å². The van der Waals surface area contributed by atoms with E-state index >= 15 is 0 Å². The minimum Gasteiger partial charge on any atom is -0.478 e. The lowest BCUT2D eigenvalue weighted by molar-refractivity contribution is 0.00588. The molecule has 1 saturated heterocycles. The van der Waals surface area contributed by atoms with Gasteiger partial charge in [-0.25, -0.2) is 14.4 Å². The normalized spacial score (nSPS) is 17.6. The fraction of sp³-hybridized carbons (Fsp3) is 0.500. The van der Waals surface area contributed by atoms with Crippen molar-refractivity contribution in [1.82, 2.24) is 9.80 Å². The Morgan fingerprint density at radius 1 is 1.15 bits per heavy atom. The van der Waals surface area contributed by atoms with Gasteiger partial charge in [0.15, 0.2) is 0 Å². The molecule has 0 saturated carbocycles. The Bertz CT molecular complexity index is 681. The minimum absolute atomic E-state index is 0.155. The number of amides is 3. The molecule has 0 radical (unpaired) electrons. The van der Waals surface area contributed by atoms with Crippen molar-refractivity contribution in [2.24, 2.45) is 0 Å². The topological polar surface area (TPSA) is 99.2 Å². The van der Waals surface area contributed by atoms with E-state index in [2.05, 4.69) is 5.32 Å². The number of piperazine rings is 1. The number of urea groups is 1. The van der Waals surface area contributed by atoms with E-state index in [9.17, 15) is 14.4 Å². The smallest absolute Gasteiger partial charge is 0.410 e. The average Bonchev–Trinajstić information content (AvgIpc) is 2.53. The van der Waals surface area contributed by atoms with E-state index < -0.39 is 11.6 Å². The van der Waals surface area contributed by atoms with Crippen molar-refractivity contribution in [3.63, 3.8) is 0 Å². The first-order valence-corrected chi connectivity index (χ1v) is 8.46. The van der Waals surface area contributed by atoms with Crippen LogP contribution in [0.5, 0.6) is 0 Å². The molecule has 26 heavy (non-hydrogen) atoms. The molecule has 0 spiro atoms. The number of aromatic carboxylic acids is 1. The summed E-state index contributed by atoms with van der Waals surface area (Å²) in [5.74, 6) is -1.02. The molecular weight excluding hydrogens is 338 g/mol. The maximum atomic E-state index is 12.4. The van der Waals surface area contributed by atoms with Gasteiger partial charge in [0.2, 0.25) is 0 Å². The van der Waals surface area contributed by atoms with E-state index in [0.717, 1.165) is 0 Å². The number of carbonyl (C=O) groups excluding carboxylic acids is 2. The highest BCUT2D eigenvalue weighted by molar-refractivity contribution is 5.91. The van der Waals surface area contributed by atoms with Crippen molar-refractivity contribution >= 4 is 23.8 Å². The zero-order valence-corrected chi connectivity index (χ0v) is 15.5. The van der Waals surface area contributed by atoms with Crippen LogP contribution in [0.1, 0.15) is 38.1 Å². The van der Waals surface area contributed by atoms with Gasteiger partial charge >= 0.3 is 18.1 Å². The third-order valence-corrected chi connectivity index (χ3v) is 3.93. The molecule has 1 fully saturated rings. The first kappa shape index (κ1) is 19.6. The molecule has 0 bridgehead atoms. The molecule has 1 heterocycles. The van der Waals surface area contributed by atoms with Crippen LogP contribution in [-0.2, 0) is 4.74 Å². The van der Waals surface area contributed by atoms with E-state index in [1.165, 1.54) is 12.1 Å². The summed E-state index contributed by atoms with van der Waals surface area (Å²) >= 11 is 0. The third kappa shape index (κ3) is 5.11. The standard InChI is InChI=1S/C18H25N3O5/c1-12-11-20(9-10-21(12)17(25)26-18(2,3)4)16(24)19-14-7-5-13(6-8-14)15(22)23/h5-8,12H,9-11H2,1-4H3,(H,19,24)(H,22,23)/t12-/m1/s1. The third-order valence-electron chi connectivity index (χ3n) is 3.93. The molecule has 2 N–H and O–H groups in total. The predicted octanol–water partition coefficient (Wildman–Crippen LogP) is 2.86. The second kappa shape index (κ2) is 7.63. The second-order valence-corrected chi connectivity index (χ2v) is 7.28. The van der Waals surface area contributed by atoms with Gasteiger partial charge in [0.25, 0.3) is 0 Å². The van der Waals surface area contributed by atoms with E-state index in [1.54, 1.807) is 21.9 Å². The van der Waals surface area contributed by atoms with Gasteiger partial charge in [0, 0.05) is 31.4 Å². The maximum Gasteiger partial charge on any atom is 0.410 e. The molecule has 1 aromatic carbocycles. The molecule has 1 atom stereocenters. The van der Waals surface area contributed by atoms with E-state index in [-0.39, 0.29) is 23.7 Å². The van der Waals surface area contributed by atoms with Crippen molar-refractivity contribution in [3.05, 3.63) is 29.8 Å². The molecule has 8 nitrogen and oxygen atoms in total. The summed E-state index contributed by atoms with van der Waals surface area (Å²) in [4.78, 5) is 38.7. The Labute approximate surface area is 152 Å². The van der Waals surface area contributed by atoms with Gasteiger partial charge in [-0.1, -0.05) is 0 Å². The van der Waals surface area contributed by atoms with Gasteiger partial charge < -0.3 is 25.0 Å². The number of benzene rings is 1. The van der Waals surface area contributed by atoms with Crippen molar-refractivity contribution in [2.45, 2.75) is 39.3 Å². The summed E-state index contributed by atoms with van der Waals surface area (Å²) < 4.78 is 5.39. The fourth-order valence-corrected chi connectivity index (χ4v) is 2.63. The fourth-order valence-electron chi connectivity index (χ4n) is 2.63. The quantitative estimate of drug-likeness (QED) is 0.842. The Kier molecular flexibility index (Phi) is 5.74. The summed E-state index contributed by atoms with van der Waals surface area (Å²) in [5, 5.41) is 11.6. The van der Waals surface area contributed by atoms with Crippen LogP contribution >= 0.6 is 0 Å². The summed E-state index contributed by atoms with van der Waals surface area (Å²) in [7, 11) is 0. The second-order valence-electron chi connectivity index (χ2n) is 7.28. The molecule has 142 valence electrons. The average molecular weight is 363 g/mol. The molecule has 0 aromatic heterocycles. The van der Waals surface area contributed by atoms with Gasteiger partial charge in [-0.3, -0.25) is 0 Å². The number of carbonyl (C=O) groups is 3. The first-order chi connectivity index (χ1) is 12.1. The Morgan fingerprint density at radius 3 is 2.27 bits per heavy atom. The zero-order valence-electron chi connectivity index (χ0n) is 15.5. The number of nitrogens with one attached hydrogen (secondary N) is 1. The van der Waals surface area contributed by atoms with Crippen LogP contribution in [0.15, 0.2) is 24.3 Å². The van der Waals surface area contributed by atoms with Crippen molar-refractivity contribution in [2.75, 3.05) is 25.0 Å². The molecule has 1 aliphatic heterocycles. The summed E-state index contributed by atoms with van der Waals surface area (Å²) in [6.45, 7) is 8.48. The highest BCUT2D eigenvalue weighted by Crippen LogP contribution is 2.17.